The van der Waals surface area contributed by atoms with Crippen molar-refractivity contribution >= 4 is 11.7 Å². The van der Waals surface area contributed by atoms with Crippen molar-refractivity contribution in [3.05, 3.63) is 23.4 Å². The number of nitrogens with zero attached hydrogens (tertiary/aromatic N) is 2. The van der Waals surface area contributed by atoms with E-state index in [-0.39, 0.29) is 5.91 Å². The second-order valence-electron chi connectivity index (χ2n) is 3.83. The third kappa shape index (κ3) is 3.20. The van der Waals surface area contributed by atoms with Gasteiger partial charge in [0.05, 0.1) is 11.3 Å². The van der Waals surface area contributed by atoms with Crippen LogP contribution in [0.25, 0.3) is 0 Å². The molecule has 0 unspecified atom stereocenters. The SMILES string of the molecule is CCNC(=O)c1ccc(N)nc1CN(C)C. The summed E-state index contributed by atoms with van der Waals surface area (Å²) in [5.41, 5.74) is 6.91. The zero-order valence-electron chi connectivity index (χ0n) is 9.95. The van der Waals surface area contributed by atoms with Gasteiger partial charge < -0.3 is 16.0 Å². The van der Waals surface area contributed by atoms with Crippen LogP contribution in [-0.2, 0) is 6.54 Å². The van der Waals surface area contributed by atoms with E-state index < -0.39 is 0 Å². The second-order valence-corrected chi connectivity index (χ2v) is 3.83. The molecule has 0 aliphatic rings. The van der Waals surface area contributed by atoms with E-state index in [1.807, 2.05) is 25.9 Å². The molecule has 1 aromatic heterocycles. The first kappa shape index (κ1) is 12.4. The fourth-order valence-electron chi connectivity index (χ4n) is 1.40. The van der Waals surface area contributed by atoms with Gasteiger partial charge in [-0.05, 0) is 33.2 Å². The number of amides is 1. The van der Waals surface area contributed by atoms with Gasteiger partial charge in [0.1, 0.15) is 5.82 Å². The number of nitrogens with one attached hydrogen (secondary N) is 1. The first-order chi connectivity index (χ1) is 7.54. The lowest BCUT2D eigenvalue weighted by Crippen LogP contribution is -2.26. The molecule has 1 amide bonds. The number of anilines is 1. The van der Waals surface area contributed by atoms with E-state index in [2.05, 4.69) is 10.3 Å². The van der Waals surface area contributed by atoms with Gasteiger partial charge in [-0.1, -0.05) is 0 Å². The van der Waals surface area contributed by atoms with E-state index in [4.69, 9.17) is 5.73 Å². The molecule has 5 nitrogen and oxygen atoms in total. The zero-order valence-corrected chi connectivity index (χ0v) is 9.95. The van der Waals surface area contributed by atoms with Gasteiger partial charge in [0.2, 0.25) is 0 Å². The van der Waals surface area contributed by atoms with Gasteiger partial charge in [0.15, 0.2) is 0 Å². The van der Waals surface area contributed by atoms with Crippen LogP contribution in [0.15, 0.2) is 12.1 Å². The van der Waals surface area contributed by atoms with Crippen LogP contribution in [0.2, 0.25) is 0 Å². The summed E-state index contributed by atoms with van der Waals surface area (Å²) in [5.74, 6) is 0.330. The number of aromatic nitrogens is 1. The lowest BCUT2D eigenvalue weighted by Gasteiger charge is -2.13. The molecule has 0 radical (unpaired) electrons. The Balaban J connectivity index is 3.02. The van der Waals surface area contributed by atoms with Crippen molar-refractivity contribution < 1.29 is 4.79 Å². The number of rotatable bonds is 4. The Kier molecular flexibility index (Phi) is 4.25. The van der Waals surface area contributed by atoms with Crippen molar-refractivity contribution in [1.82, 2.24) is 15.2 Å². The fraction of sp³-hybridized carbons (Fsp3) is 0.455. The summed E-state index contributed by atoms with van der Waals surface area (Å²) in [7, 11) is 3.85. The maximum atomic E-state index is 11.7. The van der Waals surface area contributed by atoms with Crippen molar-refractivity contribution in [2.24, 2.45) is 0 Å². The van der Waals surface area contributed by atoms with Crippen LogP contribution in [0, 0.1) is 0 Å². The van der Waals surface area contributed by atoms with Crippen molar-refractivity contribution in [2.75, 3.05) is 26.4 Å². The van der Waals surface area contributed by atoms with E-state index >= 15 is 0 Å². The molecule has 3 N–H and O–H groups in total. The lowest BCUT2D eigenvalue weighted by molar-refractivity contribution is 0.0953. The predicted octanol–water partition coefficient (Wildman–Crippen LogP) is 0.475. The van der Waals surface area contributed by atoms with E-state index in [0.717, 1.165) is 0 Å². The van der Waals surface area contributed by atoms with Crippen LogP contribution in [0.4, 0.5) is 5.82 Å². The molecule has 1 heterocycles. The highest BCUT2D eigenvalue weighted by molar-refractivity contribution is 5.95. The maximum absolute atomic E-state index is 11.7. The number of nitrogen functional groups attached to an aromatic ring is 1. The standard InChI is InChI=1S/C11H18N4O/c1-4-13-11(16)8-5-6-10(12)14-9(8)7-15(2)3/h5-6H,4,7H2,1-3H3,(H2,12,14)(H,13,16). The van der Waals surface area contributed by atoms with Crippen molar-refractivity contribution in [2.45, 2.75) is 13.5 Å². The average Bonchev–Trinajstić information content (AvgIpc) is 2.16. The number of pyridine rings is 1. The number of hydrogen-bond acceptors (Lipinski definition) is 4. The van der Waals surface area contributed by atoms with Gasteiger partial charge in [0, 0.05) is 13.1 Å². The Morgan fingerprint density at radius 3 is 2.75 bits per heavy atom. The molecule has 0 spiro atoms. The zero-order chi connectivity index (χ0) is 12.1. The number of hydrogen-bond donors (Lipinski definition) is 2. The Morgan fingerprint density at radius 2 is 2.19 bits per heavy atom. The highest BCUT2D eigenvalue weighted by atomic mass is 16.1. The Morgan fingerprint density at radius 1 is 1.50 bits per heavy atom. The highest BCUT2D eigenvalue weighted by Gasteiger charge is 2.12. The molecule has 0 atom stereocenters. The molecule has 5 heteroatoms. The quantitative estimate of drug-likeness (QED) is 0.777. The van der Waals surface area contributed by atoms with E-state index in [9.17, 15) is 4.79 Å². The van der Waals surface area contributed by atoms with Crippen LogP contribution in [0.5, 0.6) is 0 Å². The summed E-state index contributed by atoms with van der Waals surface area (Å²) >= 11 is 0. The largest absolute Gasteiger partial charge is 0.384 e. The molecule has 1 rings (SSSR count). The van der Waals surface area contributed by atoms with Crippen LogP contribution in [-0.4, -0.2) is 36.4 Å². The minimum Gasteiger partial charge on any atom is -0.384 e. The fourth-order valence-corrected chi connectivity index (χ4v) is 1.40. The minimum absolute atomic E-state index is 0.105. The number of carbonyl (C=O) groups is 1. The van der Waals surface area contributed by atoms with Crippen LogP contribution < -0.4 is 11.1 Å². The van der Waals surface area contributed by atoms with Gasteiger partial charge in [-0.3, -0.25) is 4.79 Å². The smallest absolute Gasteiger partial charge is 0.253 e. The monoisotopic (exact) mass is 222 g/mol. The molecule has 16 heavy (non-hydrogen) atoms. The molecule has 0 fully saturated rings. The number of carbonyl (C=O) groups excluding carboxylic acids is 1. The topological polar surface area (TPSA) is 71.2 Å². The average molecular weight is 222 g/mol. The van der Waals surface area contributed by atoms with Gasteiger partial charge in [-0.15, -0.1) is 0 Å². The van der Waals surface area contributed by atoms with E-state index in [1.54, 1.807) is 12.1 Å². The van der Waals surface area contributed by atoms with Gasteiger partial charge in [0.25, 0.3) is 5.91 Å². The van der Waals surface area contributed by atoms with Gasteiger partial charge >= 0.3 is 0 Å². The molecule has 0 saturated carbocycles. The van der Waals surface area contributed by atoms with Gasteiger partial charge in [-0.2, -0.15) is 0 Å². The predicted molar refractivity (Wildman–Crippen MR) is 64.0 cm³/mol. The highest BCUT2D eigenvalue weighted by Crippen LogP contribution is 2.10. The van der Waals surface area contributed by atoms with E-state index in [1.165, 1.54) is 0 Å². The van der Waals surface area contributed by atoms with Crippen LogP contribution in [0.1, 0.15) is 23.0 Å². The third-order valence-corrected chi connectivity index (χ3v) is 2.04. The lowest BCUT2D eigenvalue weighted by atomic mass is 10.1. The molecule has 0 bridgehead atoms. The minimum atomic E-state index is -0.105. The van der Waals surface area contributed by atoms with Crippen molar-refractivity contribution in [3.63, 3.8) is 0 Å². The summed E-state index contributed by atoms with van der Waals surface area (Å²) in [6.45, 7) is 3.08. The molecule has 88 valence electrons. The van der Waals surface area contributed by atoms with Gasteiger partial charge in [-0.25, -0.2) is 4.98 Å². The Bertz CT molecular complexity index is 376. The van der Waals surface area contributed by atoms with Crippen molar-refractivity contribution in [1.29, 1.82) is 0 Å². The van der Waals surface area contributed by atoms with Crippen LogP contribution >= 0.6 is 0 Å². The molecule has 1 aromatic rings. The number of nitrogens with two attached hydrogens (primary N) is 1. The summed E-state index contributed by atoms with van der Waals surface area (Å²) in [4.78, 5) is 17.9. The molecule has 0 aromatic carbocycles. The summed E-state index contributed by atoms with van der Waals surface area (Å²) in [6, 6.07) is 3.36. The first-order valence-electron chi connectivity index (χ1n) is 5.23. The molecular weight excluding hydrogens is 204 g/mol. The molecule has 0 aliphatic heterocycles. The Labute approximate surface area is 95.7 Å². The summed E-state index contributed by atoms with van der Waals surface area (Å²) < 4.78 is 0. The molecule has 0 saturated heterocycles. The van der Waals surface area contributed by atoms with Crippen LogP contribution in [0.3, 0.4) is 0 Å². The second kappa shape index (κ2) is 5.46. The third-order valence-electron chi connectivity index (χ3n) is 2.04. The molecule has 0 aliphatic carbocycles. The Hall–Kier alpha value is -1.62. The first-order valence-corrected chi connectivity index (χ1v) is 5.23. The molecular formula is C11H18N4O. The van der Waals surface area contributed by atoms with E-state index in [0.29, 0.717) is 30.2 Å². The normalized spacial score (nSPS) is 10.5. The van der Waals surface area contributed by atoms with Crippen molar-refractivity contribution in [3.8, 4) is 0 Å². The maximum Gasteiger partial charge on any atom is 0.253 e. The summed E-state index contributed by atoms with van der Waals surface area (Å²) in [6.07, 6.45) is 0. The summed E-state index contributed by atoms with van der Waals surface area (Å²) in [5, 5.41) is 2.76.